The monoisotopic (exact) mass is 322 g/mol. The van der Waals surface area contributed by atoms with Crippen LogP contribution < -0.4 is 5.73 Å². The number of amides is 1. The highest BCUT2D eigenvalue weighted by Crippen LogP contribution is 2.21. The number of aliphatic carboxylic acids is 2. The quantitative estimate of drug-likeness (QED) is 0.591. The van der Waals surface area contributed by atoms with E-state index in [0.717, 1.165) is 29.7 Å². The zero-order valence-electron chi connectivity index (χ0n) is 13.1. The number of hydrogen-bond donors (Lipinski definition) is 3. The largest absolute Gasteiger partial charge is 0.480 e. The molecular weight excluding hydrogens is 300 g/mol. The number of carboxylic acids is 2. The molecule has 0 aliphatic heterocycles. The number of carbonyl (C=O) groups excluding carboxylic acids is 1. The minimum absolute atomic E-state index is 0.486. The number of nitrogens with zero attached hydrogens (tertiary/aromatic N) is 1. The molecule has 1 unspecified atom stereocenters. The minimum atomic E-state index is -1.22. The van der Waals surface area contributed by atoms with Crippen molar-refractivity contribution in [2.24, 2.45) is 5.73 Å². The van der Waals surface area contributed by atoms with Crippen LogP contribution in [0.1, 0.15) is 36.9 Å². The first-order valence-electron chi connectivity index (χ1n) is 7.41. The van der Waals surface area contributed by atoms with E-state index in [-0.39, 0.29) is 0 Å². The molecule has 0 aliphatic carbocycles. The Morgan fingerprint density at radius 3 is 2.00 bits per heavy atom. The fourth-order valence-electron chi connectivity index (χ4n) is 2.39. The molecule has 7 heteroatoms. The average Bonchev–Trinajstić information content (AvgIpc) is 2.45. The number of unbranched alkanes of at least 4 members (excludes halogenated alkanes) is 1. The smallest absolute Gasteiger partial charge is 0.317 e. The van der Waals surface area contributed by atoms with E-state index < -0.39 is 37.0 Å². The van der Waals surface area contributed by atoms with Crippen LogP contribution in [0.4, 0.5) is 0 Å². The van der Waals surface area contributed by atoms with Gasteiger partial charge in [0.1, 0.15) is 6.04 Å². The van der Waals surface area contributed by atoms with E-state index in [9.17, 15) is 14.4 Å². The van der Waals surface area contributed by atoms with Gasteiger partial charge < -0.3 is 15.9 Å². The first-order valence-corrected chi connectivity index (χ1v) is 7.41. The van der Waals surface area contributed by atoms with Crippen LogP contribution in [0, 0.1) is 0 Å². The number of nitrogens with two attached hydrogens (primary N) is 1. The summed E-state index contributed by atoms with van der Waals surface area (Å²) in [6, 6.07) is 5.98. The molecule has 1 aromatic carbocycles. The Hall–Kier alpha value is -2.41. The van der Waals surface area contributed by atoms with E-state index in [1.54, 1.807) is 12.1 Å². The molecule has 1 amide bonds. The predicted molar refractivity (Wildman–Crippen MR) is 83.8 cm³/mol. The molecule has 0 spiro atoms. The van der Waals surface area contributed by atoms with Gasteiger partial charge in [-0.25, -0.2) is 0 Å². The van der Waals surface area contributed by atoms with Gasteiger partial charge in [0.25, 0.3) is 0 Å². The van der Waals surface area contributed by atoms with Crippen LogP contribution in [-0.2, 0) is 20.8 Å². The number of aryl methyl sites for hydroxylation is 1. The molecule has 0 saturated carbocycles. The van der Waals surface area contributed by atoms with E-state index in [0.29, 0.717) is 5.56 Å². The normalized spacial score (nSPS) is 12.1. The van der Waals surface area contributed by atoms with Gasteiger partial charge in [0.2, 0.25) is 5.91 Å². The van der Waals surface area contributed by atoms with E-state index in [4.69, 9.17) is 15.9 Å². The standard InChI is InChI=1S/C16H22N2O5/c1-2-3-4-11-5-7-12(8-6-11)15(16(17)23)18(9-13(19)20)10-14(21)22/h5-8,15H,2-4,9-10H2,1H3,(H2,17,23)(H,19,20)(H,21,22). The first kappa shape index (κ1) is 18.6. The van der Waals surface area contributed by atoms with Crippen molar-refractivity contribution in [1.29, 1.82) is 0 Å². The lowest BCUT2D eigenvalue weighted by Crippen LogP contribution is -2.43. The lowest BCUT2D eigenvalue weighted by Gasteiger charge is -2.27. The minimum Gasteiger partial charge on any atom is -0.480 e. The van der Waals surface area contributed by atoms with Gasteiger partial charge in [0.15, 0.2) is 0 Å². The Bertz CT molecular complexity index is 540. The number of hydrogen-bond acceptors (Lipinski definition) is 4. The van der Waals surface area contributed by atoms with Crippen molar-refractivity contribution in [1.82, 2.24) is 4.90 Å². The first-order chi connectivity index (χ1) is 10.8. The number of primary amides is 1. The van der Waals surface area contributed by atoms with Gasteiger partial charge in [0.05, 0.1) is 13.1 Å². The predicted octanol–water partition coefficient (Wildman–Crippen LogP) is 1.03. The van der Waals surface area contributed by atoms with Gasteiger partial charge in [-0.2, -0.15) is 0 Å². The third kappa shape index (κ3) is 6.07. The highest BCUT2D eigenvalue weighted by atomic mass is 16.4. The topological polar surface area (TPSA) is 121 Å². The number of benzene rings is 1. The van der Waals surface area contributed by atoms with E-state index in [2.05, 4.69) is 6.92 Å². The van der Waals surface area contributed by atoms with E-state index >= 15 is 0 Å². The Balaban J connectivity index is 3.04. The molecule has 126 valence electrons. The summed E-state index contributed by atoms with van der Waals surface area (Å²) in [7, 11) is 0. The summed E-state index contributed by atoms with van der Waals surface area (Å²) in [5.74, 6) is -3.23. The zero-order valence-corrected chi connectivity index (χ0v) is 13.1. The number of rotatable bonds is 10. The summed E-state index contributed by atoms with van der Waals surface area (Å²) in [5, 5.41) is 17.9. The second-order valence-electron chi connectivity index (χ2n) is 5.34. The van der Waals surface area contributed by atoms with Gasteiger partial charge in [-0.1, -0.05) is 37.6 Å². The molecule has 1 aromatic rings. The fourth-order valence-corrected chi connectivity index (χ4v) is 2.39. The molecule has 0 radical (unpaired) electrons. The van der Waals surface area contributed by atoms with Crippen LogP contribution in [0.15, 0.2) is 24.3 Å². The lowest BCUT2D eigenvalue weighted by atomic mass is 10.0. The second-order valence-corrected chi connectivity index (χ2v) is 5.34. The van der Waals surface area contributed by atoms with Gasteiger partial charge in [-0.05, 0) is 24.0 Å². The Labute approximate surface area is 134 Å². The molecule has 0 saturated heterocycles. The van der Waals surface area contributed by atoms with Crippen molar-refractivity contribution < 1.29 is 24.6 Å². The van der Waals surface area contributed by atoms with Crippen molar-refractivity contribution in [3.05, 3.63) is 35.4 Å². The third-order valence-corrected chi connectivity index (χ3v) is 3.43. The van der Waals surface area contributed by atoms with Crippen LogP contribution in [0.3, 0.4) is 0 Å². The summed E-state index contributed by atoms with van der Waals surface area (Å²) in [6.07, 6.45) is 3.02. The maximum atomic E-state index is 11.8. The van der Waals surface area contributed by atoms with Gasteiger partial charge >= 0.3 is 11.9 Å². The lowest BCUT2D eigenvalue weighted by molar-refractivity contribution is -0.143. The molecule has 0 aromatic heterocycles. The van der Waals surface area contributed by atoms with Crippen LogP contribution in [-0.4, -0.2) is 46.0 Å². The van der Waals surface area contributed by atoms with Crippen molar-refractivity contribution in [3.8, 4) is 0 Å². The summed E-state index contributed by atoms with van der Waals surface area (Å²) in [5.41, 5.74) is 6.96. The van der Waals surface area contributed by atoms with Crippen LogP contribution in [0.25, 0.3) is 0 Å². The molecule has 0 aliphatic rings. The third-order valence-electron chi connectivity index (χ3n) is 3.43. The highest BCUT2D eigenvalue weighted by molar-refractivity contribution is 5.83. The molecule has 1 rings (SSSR count). The molecule has 0 heterocycles. The summed E-state index contributed by atoms with van der Waals surface area (Å²) in [4.78, 5) is 34.7. The van der Waals surface area contributed by atoms with Crippen LogP contribution in [0.5, 0.6) is 0 Å². The number of carboxylic acid groups (broad SMARTS) is 2. The summed E-state index contributed by atoms with van der Waals surface area (Å²) >= 11 is 0. The molecule has 7 nitrogen and oxygen atoms in total. The zero-order chi connectivity index (χ0) is 17.4. The van der Waals surface area contributed by atoms with E-state index in [1.165, 1.54) is 0 Å². The fraction of sp³-hybridized carbons (Fsp3) is 0.438. The molecule has 1 atom stereocenters. The SMILES string of the molecule is CCCCc1ccc(C(C(N)=O)N(CC(=O)O)CC(=O)O)cc1. The molecule has 0 bridgehead atoms. The molecule has 4 N–H and O–H groups in total. The molecule has 0 fully saturated rings. The Morgan fingerprint density at radius 1 is 1.09 bits per heavy atom. The van der Waals surface area contributed by atoms with Crippen molar-refractivity contribution in [2.75, 3.05) is 13.1 Å². The van der Waals surface area contributed by atoms with E-state index in [1.807, 2.05) is 12.1 Å². The Morgan fingerprint density at radius 2 is 1.61 bits per heavy atom. The van der Waals surface area contributed by atoms with Gasteiger partial charge in [-0.15, -0.1) is 0 Å². The summed E-state index contributed by atoms with van der Waals surface area (Å²) < 4.78 is 0. The molecular formula is C16H22N2O5. The van der Waals surface area contributed by atoms with Crippen LogP contribution >= 0.6 is 0 Å². The van der Waals surface area contributed by atoms with Gasteiger partial charge in [-0.3, -0.25) is 19.3 Å². The maximum absolute atomic E-state index is 11.8. The van der Waals surface area contributed by atoms with Crippen molar-refractivity contribution in [2.45, 2.75) is 32.2 Å². The average molecular weight is 322 g/mol. The Kier molecular flexibility index (Phi) is 7.21. The summed E-state index contributed by atoms with van der Waals surface area (Å²) in [6.45, 7) is 0.919. The van der Waals surface area contributed by atoms with Gasteiger partial charge in [0, 0.05) is 0 Å². The van der Waals surface area contributed by atoms with Crippen LogP contribution in [0.2, 0.25) is 0 Å². The van der Waals surface area contributed by atoms with Crippen molar-refractivity contribution in [3.63, 3.8) is 0 Å². The number of carbonyl (C=O) groups is 3. The highest BCUT2D eigenvalue weighted by Gasteiger charge is 2.29. The van der Waals surface area contributed by atoms with Crippen molar-refractivity contribution >= 4 is 17.8 Å². The maximum Gasteiger partial charge on any atom is 0.317 e. The molecule has 23 heavy (non-hydrogen) atoms. The second kappa shape index (κ2) is 8.89.